The molecule has 4 rings (SSSR count). The zero-order chi connectivity index (χ0) is 18.9. The minimum atomic E-state index is 0.0707. The van der Waals surface area contributed by atoms with Gasteiger partial charge in [-0.3, -0.25) is 14.5 Å². The van der Waals surface area contributed by atoms with Gasteiger partial charge in [0.05, 0.1) is 11.9 Å². The predicted molar refractivity (Wildman–Crippen MR) is 106 cm³/mol. The van der Waals surface area contributed by atoms with Crippen molar-refractivity contribution in [3.05, 3.63) is 48.3 Å². The van der Waals surface area contributed by atoms with Crippen molar-refractivity contribution >= 4 is 17.6 Å². The Labute approximate surface area is 159 Å². The summed E-state index contributed by atoms with van der Waals surface area (Å²) in [7, 11) is 3.64. The molecule has 7 nitrogen and oxygen atoms in total. The predicted octanol–water partition coefficient (Wildman–Crippen LogP) is 1.38. The van der Waals surface area contributed by atoms with Gasteiger partial charge in [0.25, 0.3) is 0 Å². The first-order valence-electron chi connectivity index (χ1n) is 9.41. The summed E-state index contributed by atoms with van der Waals surface area (Å²) in [5.41, 5.74) is 2.44. The number of hydrogen-bond donors (Lipinski definition) is 1. The van der Waals surface area contributed by atoms with Gasteiger partial charge in [0.15, 0.2) is 5.96 Å². The van der Waals surface area contributed by atoms with Crippen molar-refractivity contribution in [2.24, 2.45) is 12.0 Å². The number of carbonyl (C=O) groups excluding carboxylic acids is 1. The molecule has 7 heteroatoms. The Kier molecular flexibility index (Phi) is 4.59. The number of nitrogens with one attached hydrogen (secondary N) is 1. The van der Waals surface area contributed by atoms with Crippen LogP contribution in [0.25, 0.3) is 0 Å². The van der Waals surface area contributed by atoms with E-state index in [4.69, 9.17) is 0 Å². The molecule has 27 heavy (non-hydrogen) atoms. The molecule has 0 atom stereocenters. The van der Waals surface area contributed by atoms with Crippen molar-refractivity contribution in [1.29, 1.82) is 0 Å². The third-order valence-corrected chi connectivity index (χ3v) is 5.56. The van der Waals surface area contributed by atoms with E-state index in [0.717, 1.165) is 24.7 Å². The zero-order valence-electron chi connectivity index (χ0n) is 15.9. The second kappa shape index (κ2) is 7.06. The molecule has 0 spiro atoms. The molecule has 1 saturated carbocycles. The molecule has 1 aromatic carbocycles. The Balaban J connectivity index is 1.38. The smallest absolute Gasteiger partial charge is 0.246 e. The van der Waals surface area contributed by atoms with E-state index in [-0.39, 0.29) is 11.3 Å². The van der Waals surface area contributed by atoms with Crippen molar-refractivity contribution in [3.8, 4) is 0 Å². The first-order valence-corrected chi connectivity index (χ1v) is 9.41. The van der Waals surface area contributed by atoms with Crippen LogP contribution in [0.5, 0.6) is 0 Å². The number of amides is 1. The highest BCUT2D eigenvalue weighted by atomic mass is 16.2. The SMILES string of the molecule is CN=C(NCC1(c2ccccc2)CC1)N1CCN(c2cnn(C)c2)C(=O)C1. The van der Waals surface area contributed by atoms with Crippen LogP contribution in [0.4, 0.5) is 5.69 Å². The highest BCUT2D eigenvalue weighted by Gasteiger charge is 2.44. The number of aliphatic imine (C=N–C) groups is 1. The van der Waals surface area contributed by atoms with Gasteiger partial charge in [-0.25, -0.2) is 0 Å². The van der Waals surface area contributed by atoms with Crippen molar-refractivity contribution in [2.75, 3.05) is 38.1 Å². The monoisotopic (exact) mass is 366 g/mol. The maximum Gasteiger partial charge on any atom is 0.246 e. The summed E-state index contributed by atoms with van der Waals surface area (Å²) in [5.74, 6) is 0.873. The fourth-order valence-electron chi connectivity index (χ4n) is 3.77. The number of guanidine groups is 1. The number of piperazine rings is 1. The lowest BCUT2D eigenvalue weighted by atomic mass is 9.96. The van der Waals surface area contributed by atoms with Crippen molar-refractivity contribution in [1.82, 2.24) is 20.0 Å². The Morgan fingerprint density at radius 2 is 2.04 bits per heavy atom. The van der Waals surface area contributed by atoms with E-state index in [1.807, 2.05) is 18.1 Å². The Hall–Kier alpha value is -2.83. The maximum absolute atomic E-state index is 12.6. The van der Waals surface area contributed by atoms with Crippen LogP contribution >= 0.6 is 0 Å². The number of carbonyl (C=O) groups is 1. The standard InChI is InChI=1S/C20H26N6O/c1-21-19(22-15-20(8-9-20)16-6-4-3-5-7-16)25-10-11-26(18(27)14-25)17-12-23-24(2)13-17/h3-7,12-13H,8-11,14-15H2,1-2H3,(H,21,22). The highest BCUT2D eigenvalue weighted by Crippen LogP contribution is 2.47. The molecule has 0 bridgehead atoms. The third-order valence-electron chi connectivity index (χ3n) is 5.56. The molecule has 1 amide bonds. The van der Waals surface area contributed by atoms with E-state index in [0.29, 0.717) is 13.1 Å². The summed E-state index contributed by atoms with van der Waals surface area (Å²) >= 11 is 0. The Morgan fingerprint density at radius 3 is 2.63 bits per heavy atom. The number of hydrogen-bond acceptors (Lipinski definition) is 3. The number of nitrogens with zero attached hydrogens (tertiary/aromatic N) is 5. The van der Waals surface area contributed by atoms with E-state index < -0.39 is 0 Å². The van der Waals surface area contributed by atoms with Gasteiger partial charge in [0.2, 0.25) is 5.91 Å². The second-order valence-corrected chi connectivity index (χ2v) is 7.39. The topological polar surface area (TPSA) is 65.8 Å². The number of rotatable bonds is 4. The van der Waals surface area contributed by atoms with Crippen LogP contribution in [0, 0.1) is 0 Å². The largest absolute Gasteiger partial charge is 0.355 e. The fraction of sp³-hybridized carbons (Fsp3) is 0.450. The minimum absolute atomic E-state index is 0.0707. The molecular weight excluding hydrogens is 340 g/mol. The number of aromatic nitrogens is 2. The van der Waals surface area contributed by atoms with Crippen LogP contribution in [0.15, 0.2) is 47.7 Å². The van der Waals surface area contributed by atoms with Crippen LogP contribution in [0.3, 0.4) is 0 Å². The summed E-state index contributed by atoms with van der Waals surface area (Å²) in [5, 5.41) is 7.67. The van der Waals surface area contributed by atoms with Crippen molar-refractivity contribution < 1.29 is 4.79 Å². The van der Waals surface area contributed by atoms with Crippen LogP contribution in [-0.2, 0) is 17.3 Å². The molecule has 0 radical (unpaired) electrons. The molecule has 1 N–H and O–H groups in total. The third kappa shape index (κ3) is 3.54. The van der Waals surface area contributed by atoms with Crippen LogP contribution < -0.4 is 10.2 Å². The fourth-order valence-corrected chi connectivity index (χ4v) is 3.77. The van der Waals surface area contributed by atoms with Crippen LogP contribution in [-0.4, -0.2) is 59.8 Å². The van der Waals surface area contributed by atoms with Gasteiger partial charge >= 0.3 is 0 Å². The van der Waals surface area contributed by atoms with Crippen molar-refractivity contribution in [2.45, 2.75) is 18.3 Å². The molecule has 2 fully saturated rings. The van der Waals surface area contributed by atoms with E-state index in [2.05, 4.69) is 45.7 Å². The van der Waals surface area contributed by atoms with E-state index in [1.54, 1.807) is 22.8 Å². The first kappa shape index (κ1) is 17.6. The summed E-state index contributed by atoms with van der Waals surface area (Å²) in [6.07, 6.45) is 5.98. The number of aryl methyl sites for hydroxylation is 1. The lowest BCUT2D eigenvalue weighted by molar-refractivity contribution is -0.120. The zero-order valence-corrected chi connectivity index (χ0v) is 15.9. The van der Waals surface area contributed by atoms with Gasteiger partial charge in [-0.15, -0.1) is 0 Å². The van der Waals surface area contributed by atoms with Gasteiger partial charge in [0, 0.05) is 45.3 Å². The number of benzene rings is 1. The molecule has 142 valence electrons. The van der Waals surface area contributed by atoms with Crippen molar-refractivity contribution in [3.63, 3.8) is 0 Å². The van der Waals surface area contributed by atoms with Gasteiger partial charge in [-0.1, -0.05) is 30.3 Å². The normalized spacial score (nSPS) is 19.3. The average Bonchev–Trinajstić information content (AvgIpc) is 3.36. The van der Waals surface area contributed by atoms with Gasteiger partial charge in [-0.05, 0) is 18.4 Å². The minimum Gasteiger partial charge on any atom is -0.355 e. The lowest BCUT2D eigenvalue weighted by Gasteiger charge is -2.35. The Bertz CT molecular complexity index is 839. The first-order chi connectivity index (χ1) is 13.1. The average molecular weight is 366 g/mol. The summed E-state index contributed by atoms with van der Waals surface area (Å²) in [4.78, 5) is 20.9. The summed E-state index contributed by atoms with van der Waals surface area (Å²) in [6, 6.07) is 10.7. The van der Waals surface area contributed by atoms with Gasteiger partial charge in [-0.2, -0.15) is 5.10 Å². The highest BCUT2D eigenvalue weighted by molar-refractivity contribution is 5.98. The second-order valence-electron chi connectivity index (χ2n) is 7.39. The van der Waals surface area contributed by atoms with E-state index in [1.165, 1.54) is 18.4 Å². The van der Waals surface area contributed by atoms with Crippen LogP contribution in [0.1, 0.15) is 18.4 Å². The summed E-state index contributed by atoms with van der Waals surface area (Å²) in [6.45, 7) is 2.56. The van der Waals surface area contributed by atoms with Crippen LogP contribution in [0.2, 0.25) is 0 Å². The molecule has 0 unspecified atom stereocenters. The molecule has 1 saturated heterocycles. The molecular formula is C20H26N6O. The van der Waals surface area contributed by atoms with Gasteiger partial charge < -0.3 is 15.1 Å². The molecule has 2 heterocycles. The maximum atomic E-state index is 12.6. The quantitative estimate of drug-likeness (QED) is 0.656. The number of anilines is 1. The van der Waals surface area contributed by atoms with E-state index in [9.17, 15) is 4.79 Å². The molecule has 1 aliphatic carbocycles. The molecule has 1 aliphatic heterocycles. The Morgan fingerprint density at radius 1 is 1.26 bits per heavy atom. The lowest BCUT2D eigenvalue weighted by Crippen LogP contribution is -2.56. The summed E-state index contributed by atoms with van der Waals surface area (Å²) < 4.78 is 1.72. The molecule has 1 aromatic heterocycles. The van der Waals surface area contributed by atoms with E-state index >= 15 is 0 Å². The molecule has 2 aromatic rings. The van der Waals surface area contributed by atoms with Gasteiger partial charge in [0.1, 0.15) is 6.54 Å². The molecule has 2 aliphatic rings.